The van der Waals surface area contributed by atoms with Crippen LogP contribution in [0.5, 0.6) is 0 Å². The number of carboxylic acids is 1. The first-order valence-corrected chi connectivity index (χ1v) is 8.20. The molecule has 1 aromatic heterocycles. The lowest BCUT2D eigenvalue weighted by molar-refractivity contribution is -0.152. The van der Waals surface area contributed by atoms with Crippen LogP contribution >= 0.6 is 0 Å². The average molecular weight is 321 g/mol. The Morgan fingerprint density at radius 3 is 2.70 bits per heavy atom. The van der Waals surface area contributed by atoms with Crippen molar-refractivity contribution in [2.75, 3.05) is 13.7 Å². The Balaban J connectivity index is 1.75. The number of amides is 1. The van der Waals surface area contributed by atoms with Crippen molar-refractivity contribution < 1.29 is 23.8 Å². The van der Waals surface area contributed by atoms with Crippen LogP contribution in [0.2, 0.25) is 0 Å². The summed E-state index contributed by atoms with van der Waals surface area (Å²) in [6.45, 7) is 2.69. The number of aromatic carboxylic acids is 1. The van der Waals surface area contributed by atoms with Gasteiger partial charge in [0.05, 0.1) is 11.7 Å². The SMILES string of the molecule is CCOC1CC(N(C)C(=O)c2cc(C(=O)O)co2)C12CCCC2. The second-order valence-corrected chi connectivity index (χ2v) is 6.56. The van der Waals surface area contributed by atoms with Gasteiger partial charge in [0.15, 0.2) is 5.76 Å². The zero-order valence-electron chi connectivity index (χ0n) is 13.6. The maximum Gasteiger partial charge on any atom is 0.338 e. The fraction of sp³-hybridized carbons (Fsp3) is 0.647. The highest BCUT2D eigenvalue weighted by Gasteiger charge is 2.59. The van der Waals surface area contributed by atoms with E-state index in [4.69, 9.17) is 14.3 Å². The van der Waals surface area contributed by atoms with Crippen molar-refractivity contribution in [2.24, 2.45) is 5.41 Å². The van der Waals surface area contributed by atoms with Crippen molar-refractivity contribution in [3.05, 3.63) is 23.7 Å². The Morgan fingerprint density at radius 2 is 2.13 bits per heavy atom. The molecule has 6 heteroatoms. The summed E-state index contributed by atoms with van der Waals surface area (Å²) in [6.07, 6.45) is 6.68. The van der Waals surface area contributed by atoms with E-state index in [1.54, 1.807) is 11.9 Å². The Hall–Kier alpha value is -1.82. The van der Waals surface area contributed by atoms with Crippen molar-refractivity contribution in [3.63, 3.8) is 0 Å². The third-order valence-electron chi connectivity index (χ3n) is 5.49. The average Bonchev–Trinajstić information content (AvgIpc) is 3.19. The van der Waals surface area contributed by atoms with Gasteiger partial charge in [-0.05, 0) is 26.2 Å². The molecular weight excluding hydrogens is 298 g/mol. The number of carbonyl (C=O) groups is 2. The van der Waals surface area contributed by atoms with E-state index in [1.807, 2.05) is 6.92 Å². The Kier molecular flexibility index (Phi) is 4.19. The van der Waals surface area contributed by atoms with E-state index in [1.165, 1.54) is 18.9 Å². The van der Waals surface area contributed by atoms with Gasteiger partial charge in [-0.2, -0.15) is 0 Å². The number of carbonyl (C=O) groups excluding carboxylic acids is 1. The molecule has 0 aliphatic heterocycles. The summed E-state index contributed by atoms with van der Waals surface area (Å²) < 4.78 is 11.0. The zero-order chi connectivity index (χ0) is 16.6. The molecule has 0 radical (unpaired) electrons. The fourth-order valence-electron chi connectivity index (χ4n) is 4.27. The van der Waals surface area contributed by atoms with E-state index in [9.17, 15) is 9.59 Å². The second kappa shape index (κ2) is 6.00. The van der Waals surface area contributed by atoms with Gasteiger partial charge in [-0.15, -0.1) is 0 Å². The summed E-state index contributed by atoms with van der Waals surface area (Å²) in [5, 5.41) is 8.94. The van der Waals surface area contributed by atoms with Gasteiger partial charge in [0.1, 0.15) is 6.26 Å². The number of hydrogen-bond donors (Lipinski definition) is 1. The predicted octanol–water partition coefficient (Wildman–Crippen LogP) is 2.79. The number of furan rings is 1. The van der Waals surface area contributed by atoms with Crippen molar-refractivity contribution in [3.8, 4) is 0 Å². The molecule has 2 aliphatic carbocycles. The molecule has 1 amide bonds. The third kappa shape index (κ3) is 2.55. The maximum atomic E-state index is 12.6. The lowest BCUT2D eigenvalue weighted by Crippen LogP contribution is -2.63. The van der Waals surface area contributed by atoms with E-state index in [-0.39, 0.29) is 34.8 Å². The smallest absolute Gasteiger partial charge is 0.338 e. The number of rotatable bonds is 5. The van der Waals surface area contributed by atoms with Gasteiger partial charge in [0.2, 0.25) is 0 Å². The Labute approximate surface area is 135 Å². The maximum absolute atomic E-state index is 12.6. The molecule has 0 aromatic carbocycles. The van der Waals surface area contributed by atoms with E-state index in [0.717, 1.165) is 25.5 Å². The van der Waals surface area contributed by atoms with Gasteiger partial charge in [-0.1, -0.05) is 12.8 Å². The molecule has 0 bridgehead atoms. The summed E-state index contributed by atoms with van der Waals surface area (Å²) in [6, 6.07) is 1.42. The summed E-state index contributed by atoms with van der Waals surface area (Å²) in [5.41, 5.74) is 0.0564. The molecule has 1 spiro atoms. The summed E-state index contributed by atoms with van der Waals surface area (Å²) in [7, 11) is 1.78. The van der Waals surface area contributed by atoms with Crippen LogP contribution in [0.15, 0.2) is 16.7 Å². The summed E-state index contributed by atoms with van der Waals surface area (Å²) >= 11 is 0. The zero-order valence-corrected chi connectivity index (χ0v) is 13.6. The monoisotopic (exact) mass is 321 g/mol. The second-order valence-electron chi connectivity index (χ2n) is 6.56. The molecule has 6 nitrogen and oxygen atoms in total. The molecule has 1 N–H and O–H groups in total. The summed E-state index contributed by atoms with van der Waals surface area (Å²) in [5.74, 6) is -1.27. The van der Waals surface area contributed by atoms with Crippen LogP contribution in [0, 0.1) is 5.41 Å². The highest BCUT2D eigenvalue weighted by atomic mass is 16.5. The Morgan fingerprint density at radius 1 is 1.43 bits per heavy atom. The summed E-state index contributed by atoms with van der Waals surface area (Å²) in [4.78, 5) is 25.3. The molecule has 3 rings (SSSR count). The highest BCUT2D eigenvalue weighted by Crippen LogP contribution is 2.56. The first kappa shape index (κ1) is 16.1. The highest BCUT2D eigenvalue weighted by molar-refractivity contribution is 5.95. The third-order valence-corrected chi connectivity index (χ3v) is 5.49. The minimum atomic E-state index is -1.09. The first-order valence-electron chi connectivity index (χ1n) is 8.20. The van der Waals surface area contributed by atoms with Crippen LogP contribution in [0.3, 0.4) is 0 Å². The normalized spacial score (nSPS) is 25.3. The van der Waals surface area contributed by atoms with Crippen molar-refractivity contribution in [1.29, 1.82) is 0 Å². The molecule has 1 aromatic rings. The van der Waals surface area contributed by atoms with Crippen LogP contribution in [-0.2, 0) is 4.74 Å². The number of nitrogens with zero attached hydrogens (tertiary/aromatic N) is 1. The van der Waals surface area contributed by atoms with E-state index in [2.05, 4.69) is 0 Å². The molecule has 0 saturated heterocycles. The van der Waals surface area contributed by atoms with Crippen LogP contribution in [-0.4, -0.2) is 47.7 Å². The molecule has 1 heterocycles. The van der Waals surface area contributed by atoms with Gasteiger partial charge in [-0.3, -0.25) is 4.79 Å². The minimum absolute atomic E-state index is 0.00173. The van der Waals surface area contributed by atoms with Crippen molar-refractivity contribution >= 4 is 11.9 Å². The first-order chi connectivity index (χ1) is 11.0. The van der Waals surface area contributed by atoms with Gasteiger partial charge in [-0.25, -0.2) is 4.79 Å². The van der Waals surface area contributed by atoms with Crippen LogP contribution < -0.4 is 0 Å². The largest absolute Gasteiger partial charge is 0.478 e. The molecule has 23 heavy (non-hydrogen) atoms. The number of hydrogen-bond acceptors (Lipinski definition) is 4. The molecule has 2 saturated carbocycles. The van der Waals surface area contributed by atoms with Gasteiger partial charge < -0.3 is 19.2 Å². The van der Waals surface area contributed by atoms with Crippen LogP contribution in [0.25, 0.3) is 0 Å². The topological polar surface area (TPSA) is 80.0 Å². The number of ether oxygens (including phenoxy) is 1. The minimum Gasteiger partial charge on any atom is -0.478 e. The van der Waals surface area contributed by atoms with Crippen LogP contribution in [0.4, 0.5) is 0 Å². The van der Waals surface area contributed by atoms with Crippen molar-refractivity contribution in [2.45, 2.75) is 51.2 Å². The van der Waals surface area contributed by atoms with Gasteiger partial charge in [0, 0.05) is 31.2 Å². The Bertz CT molecular complexity index is 602. The molecular formula is C17H23NO5. The molecule has 2 aliphatic rings. The van der Waals surface area contributed by atoms with E-state index >= 15 is 0 Å². The molecule has 126 valence electrons. The molecule has 2 atom stereocenters. The van der Waals surface area contributed by atoms with Gasteiger partial charge >= 0.3 is 5.97 Å². The van der Waals surface area contributed by atoms with E-state index in [0.29, 0.717) is 6.61 Å². The fourth-order valence-corrected chi connectivity index (χ4v) is 4.27. The number of carboxylic acid groups (broad SMARTS) is 1. The lowest BCUT2D eigenvalue weighted by Gasteiger charge is -2.56. The lowest BCUT2D eigenvalue weighted by atomic mass is 9.60. The van der Waals surface area contributed by atoms with Crippen LogP contribution in [0.1, 0.15) is 59.9 Å². The molecule has 2 unspecified atom stereocenters. The predicted molar refractivity (Wildman–Crippen MR) is 82.5 cm³/mol. The van der Waals surface area contributed by atoms with Crippen molar-refractivity contribution in [1.82, 2.24) is 4.90 Å². The van der Waals surface area contributed by atoms with E-state index < -0.39 is 5.97 Å². The molecule has 2 fully saturated rings. The quantitative estimate of drug-likeness (QED) is 0.902. The standard InChI is InChI=1S/C17H23NO5/c1-3-22-14-9-13(17(14)6-4-5-7-17)18(2)15(19)12-8-11(10-23-12)16(20)21/h8,10,13-14H,3-7,9H2,1-2H3,(H,20,21). The van der Waals surface area contributed by atoms with Gasteiger partial charge in [0.25, 0.3) is 5.91 Å².